The molecule has 0 radical (unpaired) electrons. The van der Waals surface area contributed by atoms with Crippen LogP contribution in [0.1, 0.15) is 20.8 Å². The third-order valence-corrected chi connectivity index (χ3v) is 2.83. The minimum absolute atomic E-state index is 0.0324. The van der Waals surface area contributed by atoms with Crippen LogP contribution in [0.3, 0.4) is 0 Å². The predicted octanol–water partition coefficient (Wildman–Crippen LogP) is 1.79. The maximum atomic E-state index is 4.36. The van der Waals surface area contributed by atoms with Crippen LogP contribution in [0, 0.1) is 0 Å². The number of nitrogens with zero attached hydrogens (tertiary/aromatic N) is 2. The Kier molecular flexibility index (Phi) is 1.93. The first-order chi connectivity index (χ1) is 4.54. The Morgan fingerprint density at radius 3 is 2.60 bits per heavy atom. The van der Waals surface area contributed by atoms with E-state index >= 15 is 0 Å². The lowest BCUT2D eigenvalue weighted by atomic mass is 10.2. The third kappa shape index (κ3) is 1.28. The molecular formula is C7H13N2P. The lowest BCUT2D eigenvalue weighted by Gasteiger charge is -2.33. The number of aliphatic imine (C=N–C) groups is 1. The lowest BCUT2D eigenvalue weighted by molar-refractivity contribution is 0.270. The van der Waals surface area contributed by atoms with Gasteiger partial charge in [-0.2, -0.15) is 0 Å². The van der Waals surface area contributed by atoms with E-state index in [9.17, 15) is 0 Å². The van der Waals surface area contributed by atoms with Crippen LogP contribution in [0.4, 0.5) is 0 Å². The highest BCUT2D eigenvalue weighted by atomic mass is 31.1. The van der Waals surface area contributed by atoms with Crippen LogP contribution in [-0.4, -0.2) is 29.0 Å². The van der Waals surface area contributed by atoms with Crippen molar-refractivity contribution in [2.75, 3.05) is 7.05 Å². The summed E-state index contributed by atoms with van der Waals surface area (Å²) in [5, 5.41) is 0. The molecule has 3 heteroatoms. The van der Waals surface area contributed by atoms with E-state index in [0.29, 0.717) is 0 Å². The fourth-order valence-corrected chi connectivity index (χ4v) is 1.75. The van der Waals surface area contributed by atoms with Crippen molar-refractivity contribution in [3.63, 3.8) is 0 Å². The van der Waals surface area contributed by atoms with Gasteiger partial charge in [0.25, 0.3) is 0 Å². The van der Waals surface area contributed by atoms with Gasteiger partial charge in [0.05, 0.1) is 5.96 Å². The van der Waals surface area contributed by atoms with E-state index in [2.05, 4.69) is 37.7 Å². The molecule has 0 aromatic rings. The van der Waals surface area contributed by atoms with Gasteiger partial charge in [-0.3, -0.25) is 9.89 Å². The third-order valence-electron chi connectivity index (χ3n) is 1.92. The van der Waals surface area contributed by atoms with E-state index in [4.69, 9.17) is 0 Å². The average Bonchev–Trinajstić information content (AvgIpc) is 1.83. The van der Waals surface area contributed by atoms with Gasteiger partial charge < -0.3 is 0 Å². The van der Waals surface area contributed by atoms with Crippen molar-refractivity contribution in [1.82, 2.24) is 4.90 Å². The van der Waals surface area contributed by atoms with Crippen LogP contribution in [0.5, 0.6) is 0 Å². The molecular weight excluding hydrogens is 143 g/mol. The quantitative estimate of drug-likeness (QED) is 0.488. The van der Waals surface area contributed by atoms with Gasteiger partial charge in [-0.05, 0) is 36.0 Å². The largest absolute Gasteiger partial charge is 0.266 e. The second kappa shape index (κ2) is 2.44. The standard InChI is InChI=1S/C7H13N2P/c1-6-9(4)7(2,3)8-5-10-6/h5H,1-4H3. The number of hydrogen-bond donors (Lipinski definition) is 0. The molecule has 0 saturated heterocycles. The van der Waals surface area contributed by atoms with Crippen LogP contribution in [0.2, 0.25) is 0 Å². The van der Waals surface area contributed by atoms with Gasteiger partial charge in [0.15, 0.2) is 0 Å². The summed E-state index contributed by atoms with van der Waals surface area (Å²) in [4.78, 5) is 6.56. The monoisotopic (exact) mass is 156 g/mol. The van der Waals surface area contributed by atoms with Crippen LogP contribution in [0.15, 0.2) is 4.99 Å². The van der Waals surface area contributed by atoms with Crippen molar-refractivity contribution in [2.45, 2.75) is 26.4 Å². The van der Waals surface area contributed by atoms with Gasteiger partial charge in [-0.15, -0.1) is 0 Å². The molecule has 10 heavy (non-hydrogen) atoms. The molecule has 1 rings (SSSR count). The highest BCUT2D eigenvalue weighted by Gasteiger charge is 2.24. The first kappa shape index (κ1) is 7.90. The lowest BCUT2D eigenvalue weighted by Crippen LogP contribution is -2.43. The number of rotatable bonds is 0. The van der Waals surface area contributed by atoms with Gasteiger partial charge in [0, 0.05) is 5.42 Å². The molecule has 0 bridgehead atoms. The summed E-state index contributed by atoms with van der Waals surface area (Å²) in [6.45, 7) is 6.36. The van der Waals surface area contributed by atoms with Crippen LogP contribution in [0.25, 0.3) is 0 Å². The van der Waals surface area contributed by atoms with Crippen LogP contribution < -0.4 is 0 Å². The van der Waals surface area contributed by atoms with Crippen molar-refractivity contribution >= 4 is 19.6 Å². The molecule has 0 spiro atoms. The predicted molar refractivity (Wildman–Crippen MR) is 47.9 cm³/mol. The first-order valence-electron chi connectivity index (χ1n) is 3.36. The second-order valence-electron chi connectivity index (χ2n) is 2.97. The molecule has 0 N–H and O–H groups in total. The first-order valence-corrected chi connectivity index (χ1v) is 4.32. The molecule has 0 unspecified atom stereocenters. The highest BCUT2D eigenvalue weighted by molar-refractivity contribution is 7.56. The van der Waals surface area contributed by atoms with Gasteiger partial charge >= 0.3 is 0 Å². The van der Waals surface area contributed by atoms with E-state index in [0.717, 1.165) is 0 Å². The Balaban J connectivity index is 2.89. The summed E-state index contributed by atoms with van der Waals surface area (Å²) in [7, 11) is 3.31. The van der Waals surface area contributed by atoms with Crippen LogP contribution in [-0.2, 0) is 0 Å². The molecule has 0 amide bonds. The minimum atomic E-state index is -0.0324. The van der Waals surface area contributed by atoms with E-state index in [1.54, 1.807) is 0 Å². The van der Waals surface area contributed by atoms with Crippen molar-refractivity contribution in [3.05, 3.63) is 0 Å². The van der Waals surface area contributed by atoms with Crippen LogP contribution >= 0.6 is 8.20 Å². The van der Waals surface area contributed by atoms with Gasteiger partial charge in [-0.1, -0.05) is 0 Å². The fraction of sp³-hybridized carbons (Fsp3) is 0.714. The molecule has 1 aliphatic rings. The Bertz CT molecular complexity index is 194. The smallest absolute Gasteiger partial charge is 0.111 e. The average molecular weight is 156 g/mol. The molecule has 0 atom stereocenters. The maximum absolute atomic E-state index is 4.36. The fourth-order valence-electron chi connectivity index (χ4n) is 0.823. The Morgan fingerprint density at radius 2 is 2.20 bits per heavy atom. The normalized spacial score (nSPS) is 26.2. The minimum Gasteiger partial charge on any atom is -0.266 e. The van der Waals surface area contributed by atoms with Crippen molar-refractivity contribution in [3.8, 4) is 0 Å². The molecule has 0 saturated carbocycles. The maximum Gasteiger partial charge on any atom is 0.111 e. The molecule has 1 heterocycles. The zero-order valence-corrected chi connectivity index (χ0v) is 7.81. The van der Waals surface area contributed by atoms with Crippen molar-refractivity contribution < 1.29 is 0 Å². The van der Waals surface area contributed by atoms with Crippen molar-refractivity contribution in [1.29, 1.82) is 0 Å². The molecule has 2 nitrogen and oxygen atoms in total. The van der Waals surface area contributed by atoms with Gasteiger partial charge in [0.2, 0.25) is 0 Å². The topological polar surface area (TPSA) is 15.6 Å². The van der Waals surface area contributed by atoms with E-state index < -0.39 is 0 Å². The molecule has 0 aromatic carbocycles. The van der Waals surface area contributed by atoms with E-state index in [1.165, 1.54) is 13.6 Å². The number of hydrogen-bond acceptors (Lipinski definition) is 2. The van der Waals surface area contributed by atoms with Crippen molar-refractivity contribution in [2.24, 2.45) is 4.99 Å². The summed E-state index contributed by atoms with van der Waals surface area (Å²) >= 11 is 0. The summed E-state index contributed by atoms with van der Waals surface area (Å²) in [6.07, 6.45) is 0. The summed E-state index contributed by atoms with van der Waals surface area (Å²) in [5.74, 6) is 1.97. The zero-order valence-electron chi connectivity index (χ0n) is 6.92. The Labute approximate surface area is 63.8 Å². The Hall–Kier alpha value is -0.200. The van der Waals surface area contributed by atoms with Gasteiger partial charge in [-0.25, -0.2) is 0 Å². The SMILES string of the molecule is CC1=PC=NC(C)(C)N1C. The summed E-state index contributed by atoms with van der Waals surface area (Å²) < 4.78 is 0. The van der Waals surface area contributed by atoms with E-state index in [1.807, 2.05) is 5.96 Å². The van der Waals surface area contributed by atoms with E-state index in [-0.39, 0.29) is 5.66 Å². The molecule has 0 fully saturated rings. The highest BCUT2D eigenvalue weighted by Crippen LogP contribution is 2.21. The zero-order chi connectivity index (χ0) is 7.78. The Morgan fingerprint density at radius 1 is 1.60 bits per heavy atom. The molecule has 56 valence electrons. The summed E-state index contributed by atoms with van der Waals surface area (Å²) in [5.41, 5.74) is 1.33. The molecule has 0 aliphatic carbocycles. The second-order valence-corrected chi connectivity index (χ2v) is 4.11. The molecule has 0 aromatic heterocycles. The van der Waals surface area contributed by atoms with Gasteiger partial charge in [0.1, 0.15) is 5.66 Å². The summed E-state index contributed by atoms with van der Waals surface area (Å²) in [6, 6.07) is 0. The molecule has 1 aliphatic heterocycles.